The second-order valence-electron chi connectivity index (χ2n) is 26.5. The van der Waals surface area contributed by atoms with Gasteiger partial charge in [0.05, 0.1) is 25.0 Å². The van der Waals surface area contributed by atoms with E-state index in [1.54, 1.807) is 45.0 Å². The molecule has 4 heterocycles. The van der Waals surface area contributed by atoms with Gasteiger partial charge in [0.2, 0.25) is 69.4 Å². The minimum atomic E-state index is -4.02. The van der Waals surface area contributed by atoms with Crippen LogP contribution in [-0.2, 0) is 85.3 Å². The Labute approximate surface area is 612 Å². The highest BCUT2D eigenvalue weighted by Gasteiger charge is 2.45. The first kappa shape index (κ1) is 86.4. The highest BCUT2D eigenvalue weighted by atomic mass is 32.2. The molecule has 2 aromatic rings. The summed E-state index contributed by atoms with van der Waals surface area (Å²) in [5.41, 5.74) is 2.89. The van der Waals surface area contributed by atoms with Gasteiger partial charge in [-0.3, -0.25) is 71.5 Å². The third-order valence-corrected chi connectivity index (χ3v) is 25.4. The molecule has 3 saturated heterocycles. The van der Waals surface area contributed by atoms with E-state index in [4.69, 9.17) is 0 Å². The van der Waals surface area contributed by atoms with Crippen LogP contribution in [-0.4, -0.2) is 286 Å². The summed E-state index contributed by atoms with van der Waals surface area (Å²) in [5.74, 6) is -7.35. The molecule has 3 fully saturated rings. The maximum absolute atomic E-state index is 14.9. The molecule has 11 atom stereocenters. The number of aliphatic hydroxyl groups is 3. The van der Waals surface area contributed by atoms with Crippen molar-refractivity contribution in [2.75, 3.05) is 114 Å². The highest BCUT2D eigenvalue weighted by molar-refractivity contribution is 7.99. The van der Waals surface area contributed by atoms with Crippen molar-refractivity contribution in [3.05, 3.63) is 70.8 Å². The number of aliphatic carboxylic acids is 2. The summed E-state index contributed by atoms with van der Waals surface area (Å²) in [6.07, 6.45) is -3.22. The molecule has 0 aromatic heterocycles. The second-order valence-corrected chi connectivity index (χ2v) is 36.6. The zero-order chi connectivity index (χ0) is 75.4. The number of carbonyl (C=O) groups excluding carboxylic acids is 8. The second kappa shape index (κ2) is 42.8. The number of unbranched alkanes of at least 4 members (excludes halogenated alkanes) is 2. The smallest absolute Gasteiger partial charge is 0.327 e. The molecular weight excluding hydrogens is 1460 g/mol. The lowest BCUT2D eigenvalue weighted by atomic mass is 10.0. The van der Waals surface area contributed by atoms with Crippen molar-refractivity contribution in [3.8, 4) is 0 Å². The first-order valence-electron chi connectivity index (χ1n) is 34.6. The normalized spacial score (nSPS) is 24.6. The number of hydrogen-bond donors (Lipinski definition) is 14. The Morgan fingerprint density at radius 1 is 0.631 bits per heavy atom. The fourth-order valence-electron chi connectivity index (χ4n) is 12.4. The van der Waals surface area contributed by atoms with E-state index in [0.29, 0.717) is 42.1 Å². The number of aliphatic hydroxyl groups excluding tert-OH is 3. The highest BCUT2D eigenvalue weighted by Crippen LogP contribution is 2.43. The van der Waals surface area contributed by atoms with Crippen LogP contribution in [0.5, 0.6) is 0 Å². The number of amides is 8. The zero-order valence-electron chi connectivity index (χ0n) is 58.3. The first-order chi connectivity index (χ1) is 48.9. The van der Waals surface area contributed by atoms with Gasteiger partial charge in [-0.1, -0.05) is 68.3 Å². The third-order valence-electron chi connectivity index (χ3n) is 17.8. The van der Waals surface area contributed by atoms with E-state index in [1.807, 2.05) is 25.1 Å². The van der Waals surface area contributed by atoms with Gasteiger partial charge in [-0.15, -0.1) is 0 Å². The number of fused-ring (bicyclic) bond motifs is 4. The molecule has 3 unspecified atom stereocenters. The maximum Gasteiger partial charge on any atom is 0.327 e. The third kappa shape index (κ3) is 29.7. The molecule has 2 bridgehead atoms. The quantitative estimate of drug-likeness (QED) is 0.0417. The molecule has 103 heavy (non-hydrogen) atoms. The maximum atomic E-state index is 14.9. The van der Waals surface area contributed by atoms with Crippen LogP contribution in [0.15, 0.2) is 48.5 Å². The Kier molecular flexibility index (Phi) is 35.9. The largest absolute Gasteiger partial charge is 0.481 e. The van der Waals surface area contributed by atoms with E-state index < -0.39 is 149 Å². The summed E-state index contributed by atoms with van der Waals surface area (Å²) < 4.78 is 38.6. The molecule has 2 aromatic carbocycles. The molecule has 14 N–H and O–H groups in total. The SMILES string of the molecule is CCCCCC(=O)N[C@H]1CSCc2cc(CSCCNC(=O)CCP(=O)(O)CN3CCN(CP(=O)(O)CO)CCN(CP(=O)(O)CO)CC3)cc(c2)CSC[C@@H](C(=O)O)NC(=O)[C@H](Cc2ccccc2)NC(=O)[C@H](CCC(=O)O)NC(=O)[C@H]([C@@H](C)O)NC(=O)[C@@H]2CCCN2C(=O)[C@@H]2CCCN2C1=O. The van der Waals surface area contributed by atoms with Crippen LogP contribution >= 0.6 is 57.4 Å². The molecule has 6 rings (SSSR count). The average molecular weight is 1560 g/mol. The van der Waals surface area contributed by atoms with E-state index in [1.165, 1.54) is 52.0 Å². The summed E-state index contributed by atoms with van der Waals surface area (Å²) in [5, 5.41) is 66.0. The van der Waals surface area contributed by atoms with Gasteiger partial charge in [0.25, 0.3) is 0 Å². The predicted molar refractivity (Wildman–Crippen MR) is 390 cm³/mol. The average Bonchev–Trinajstić information content (AvgIpc) is 1.70. The van der Waals surface area contributed by atoms with Crippen LogP contribution in [0.3, 0.4) is 0 Å². The Balaban J connectivity index is 1.22. The number of carboxylic acids is 2. The molecule has 4 aliphatic heterocycles. The van der Waals surface area contributed by atoms with Crippen molar-refractivity contribution in [1.82, 2.24) is 56.4 Å². The van der Waals surface area contributed by atoms with Crippen LogP contribution < -0.4 is 31.9 Å². The zero-order valence-corrected chi connectivity index (χ0v) is 63.4. The van der Waals surface area contributed by atoms with Crippen molar-refractivity contribution in [3.63, 3.8) is 0 Å². The summed E-state index contributed by atoms with van der Waals surface area (Å²) in [6.45, 7) is 4.62. The Bertz CT molecular complexity index is 3340. The van der Waals surface area contributed by atoms with E-state index in [9.17, 15) is 102 Å². The van der Waals surface area contributed by atoms with Gasteiger partial charge in [0.1, 0.15) is 55.0 Å². The van der Waals surface area contributed by atoms with E-state index in [0.717, 1.165) is 29.5 Å². The monoisotopic (exact) mass is 1560 g/mol. The predicted octanol–water partition coefficient (Wildman–Crippen LogP) is 0.968. The van der Waals surface area contributed by atoms with E-state index in [2.05, 4.69) is 31.9 Å². The Morgan fingerprint density at radius 2 is 1.18 bits per heavy atom. The van der Waals surface area contributed by atoms with Gasteiger partial charge in [-0.2, -0.15) is 35.3 Å². The fraction of sp³-hybridized carbons (Fsp3) is 0.662. The molecule has 8 amide bonds. The summed E-state index contributed by atoms with van der Waals surface area (Å²) in [4.78, 5) is 177. The number of carboxylic acid groups (broad SMARTS) is 2. The van der Waals surface area contributed by atoms with Gasteiger partial charge in [0.15, 0.2) is 0 Å². The van der Waals surface area contributed by atoms with Gasteiger partial charge in [0, 0.05) is 125 Å². The summed E-state index contributed by atoms with van der Waals surface area (Å²) >= 11 is 3.98. The molecule has 0 radical (unpaired) electrons. The number of carbonyl (C=O) groups is 10. The standard InChI is InChI=1S/C65H102N11O21P3S3/c1-3-4-6-15-56(81)67-51-37-102-35-47-30-46(34-101-29-19-66-55(80)18-28-98(92,93)39-72-22-24-73(40-99(94,95)42-77)26-27-74(25-23-72)41-100(96,97)43-78)31-48(32-47)36-103-38-52(65(90)91)70-60(85)50(33-45-11-7-5-8-12-45)69-59(84)49(16-17-57(82)83)68-62(87)58(44(2)79)71-61(86)53-13-9-20-75(53)64(89)54-14-10-21-76(54)63(51)88/h5,7-8,11-12,30-32,44,49-54,58,77-79H,3-4,6,9-10,13-29,33-43H2,1-2H3,(H,66,80)(H,67,81)(H,68,87)(H,69,84)(H,70,85)(H,71,86)(H,82,83)(H,90,91)(H,92,93)(H,94,95)(H,96,97)/t44-,49+,50+,51+,52+,53+,54+,58+/m1/s1. The molecule has 576 valence electrons. The van der Waals surface area contributed by atoms with Crippen molar-refractivity contribution >= 4 is 117 Å². The number of nitrogens with zero attached hydrogens (tertiary/aromatic N) is 5. The Hall–Kier alpha value is -5.48. The van der Waals surface area contributed by atoms with Crippen LogP contribution in [0.1, 0.15) is 107 Å². The van der Waals surface area contributed by atoms with Crippen LogP contribution in [0.2, 0.25) is 0 Å². The van der Waals surface area contributed by atoms with Gasteiger partial charge >= 0.3 is 11.9 Å². The number of nitrogens with one attached hydrogen (secondary N) is 6. The van der Waals surface area contributed by atoms with Crippen LogP contribution in [0.25, 0.3) is 0 Å². The van der Waals surface area contributed by atoms with Crippen molar-refractivity contribution in [1.29, 1.82) is 0 Å². The summed E-state index contributed by atoms with van der Waals surface area (Å²) in [7, 11) is -12.0. The van der Waals surface area contributed by atoms with Crippen molar-refractivity contribution in [2.24, 2.45) is 0 Å². The number of rotatable bonds is 28. The van der Waals surface area contributed by atoms with Crippen molar-refractivity contribution in [2.45, 2.75) is 157 Å². The lowest BCUT2D eigenvalue weighted by Gasteiger charge is -2.33. The Morgan fingerprint density at radius 3 is 1.75 bits per heavy atom. The number of thioether (sulfide) groups is 3. The molecule has 0 aliphatic carbocycles. The van der Waals surface area contributed by atoms with Gasteiger partial charge < -0.3 is 81.9 Å². The molecule has 0 saturated carbocycles. The van der Waals surface area contributed by atoms with Crippen LogP contribution in [0.4, 0.5) is 0 Å². The molecule has 4 aliphatic rings. The van der Waals surface area contributed by atoms with E-state index >= 15 is 0 Å². The van der Waals surface area contributed by atoms with Gasteiger partial charge in [-0.05, 0) is 67.7 Å². The van der Waals surface area contributed by atoms with Crippen LogP contribution in [0, 0.1) is 0 Å². The number of benzene rings is 2. The fourth-order valence-corrected chi connectivity index (χ4v) is 18.7. The lowest BCUT2D eigenvalue weighted by Crippen LogP contribution is -2.61. The van der Waals surface area contributed by atoms with E-state index in [-0.39, 0.29) is 139 Å². The number of hydrogen-bond acceptors (Lipinski definition) is 22. The van der Waals surface area contributed by atoms with Crippen molar-refractivity contribution < 1.29 is 102 Å². The minimum Gasteiger partial charge on any atom is -0.481 e. The molecule has 0 spiro atoms. The minimum absolute atomic E-state index is 0.0748. The topological polar surface area (TPSA) is 472 Å². The molecule has 32 nitrogen and oxygen atoms in total. The first-order valence-corrected chi connectivity index (χ1v) is 44.2. The molecular formula is C65H102N11O21P3S3. The summed E-state index contributed by atoms with van der Waals surface area (Å²) in [6, 6.07) is 4.44. The molecule has 38 heteroatoms. The van der Waals surface area contributed by atoms with Gasteiger partial charge in [-0.25, -0.2) is 4.79 Å². The lowest BCUT2D eigenvalue weighted by molar-refractivity contribution is -0.148.